The van der Waals surface area contributed by atoms with E-state index in [0.717, 1.165) is 41.0 Å². The molecule has 0 aliphatic carbocycles. The number of amides is 1. The molecule has 4 rings (SSSR count). The molecule has 1 aliphatic rings. The van der Waals surface area contributed by atoms with Crippen molar-refractivity contribution in [2.24, 2.45) is 0 Å². The number of H-pyrrole nitrogens is 1. The van der Waals surface area contributed by atoms with Gasteiger partial charge in [-0.3, -0.25) is 4.79 Å². The Bertz CT molecular complexity index is 817. The van der Waals surface area contributed by atoms with Crippen molar-refractivity contribution in [2.75, 3.05) is 11.9 Å². The van der Waals surface area contributed by atoms with Crippen molar-refractivity contribution in [1.29, 1.82) is 0 Å². The highest BCUT2D eigenvalue weighted by Gasteiger charge is 2.23. The highest BCUT2D eigenvalue weighted by molar-refractivity contribution is 5.95. The average Bonchev–Trinajstić information content (AvgIpc) is 3.24. The van der Waals surface area contributed by atoms with Crippen LogP contribution in [0.2, 0.25) is 0 Å². The number of nitrogens with one attached hydrogen (secondary N) is 2. The lowest BCUT2D eigenvalue weighted by Gasteiger charge is -2.11. The summed E-state index contributed by atoms with van der Waals surface area (Å²) in [6.45, 7) is 0.664. The zero-order valence-electron chi connectivity index (χ0n) is 12.6. The van der Waals surface area contributed by atoms with E-state index in [9.17, 15) is 4.79 Å². The van der Waals surface area contributed by atoms with E-state index in [1.807, 2.05) is 48.5 Å². The zero-order valence-corrected chi connectivity index (χ0v) is 12.6. The van der Waals surface area contributed by atoms with Gasteiger partial charge in [-0.25, -0.2) is 4.98 Å². The highest BCUT2D eigenvalue weighted by atomic mass is 16.5. The third kappa shape index (κ3) is 2.83. The molecule has 1 atom stereocenters. The van der Waals surface area contributed by atoms with Gasteiger partial charge in [0, 0.05) is 17.9 Å². The summed E-state index contributed by atoms with van der Waals surface area (Å²) in [6.07, 6.45) is 1.40. The minimum absolute atomic E-state index is 0.0794. The Morgan fingerprint density at radius 3 is 2.96 bits per heavy atom. The molecule has 1 unspecified atom stereocenters. The number of rotatable bonds is 3. The van der Waals surface area contributed by atoms with E-state index in [2.05, 4.69) is 15.3 Å². The van der Waals surface area contributed by atoms with Crippen LogP contribution in [0, 0.1) is 0 Å². The minimum atomic E-state index is -0.329. The molecule has 23 heavy (non-hydrogen) atoms. The molecule has 2 N–H and O–H groups in total. The number of nitrogens with zero attached hydrogens (tertiary/aromatic N) is 1. The topological polar surface area (TPSA) is 67.0 Å². The molecule has 1 aromatic heterocycles. The van der Waals surface area contributed by atoms with Crippen LogP contribution in [-0.4, -0.2) is 28.6 Å². The van der Waals surface area contributed by atoms with Crippen molar-refractivity contribution in [3.63, 3.8) is 0 Å². The van der Waals surface area contributed by atoms with Crippen molar-refractivity contribution in [1.82, 2.24) is 9.97 Å². The number of imidazole rings is 1. The van der Waals surface area contributed by atoms with E-state index >= 15 is 0 Å². The predicted molar refractivity (Wildman–Crippen MR) is 89.1 cm³/mol. The first-order valence-electron chi connectivity index (χ1n) is 7.77. The summed E-state index contributed by atoms with van der Waals surface area (Å²) in [6, 6.07) is 15.6. The maximum Gasteiger partial charge on any atom is 0.253 e. The largest absolute Gasteiger partial charge is 0.368 e. The second-order valence-corrected chi connectivity index (χ2v) is 5.67. The van der Waals surface area contributed by atoms with Crippen molar-refractivity contribution in [3.05, 3.63) is 48.5 Å². The van der Waals surface area contributed by atoms with Crippen molar-refractivity contribution < 1.29 is 9.53 Å². The smallest absolute Gasteiger partial charge is 0.253 e. The number of hydrogen-bond acceptors (Lipinski definition) is 3. The Labute approximate surface area is 133 Å². The molecule has 0 bridgehead atoms. The quantitative estimate of drug-likeness (QED) is 0.780. The Balaban J connectivity index is 1.59. The van der Waals surface area contributed by atoms with Gasteiger partial charge in [-0.2, -0.15) is 0 Å². The van der Waals surface area contributed by atoms with Gasteiger partial charge in [0.15, 0.2) is 0 Å². The van der Waals surface area contributed by atoms with E-state index in [1.165, 1.54) is 0 Å². The van der Waals surface area contributed by atoms with Gasteiger partial charge in [0.1, 0.15) is 11.9 Å². The maximum absolute atomic E-state index is 12.1. The number of fused-ring (bicyclic) bond motifs is 1. The molecule has 5 heteroatoms. The van der Waals surface area contributed by atoms with Gasteiger partial charge in [-0.15, -0.1) is 0 Å². The third-order valence-corrected chi connectivity index (χ3v) is 4.02. The van der Waals surface area contributed by atoms with E-state index < -0.39 is 0 Å². The molecular formula is C18H17N3O2. The molecule has 3 aromatic rings. The molecular weight excluding hydrogens is 290 g/mol. The summed E-state index contributed by atoms with van der Waals surface area (Å²) < 4.78 is 5.41. The van der Waals surface area contributed by atoms with Gasteiger partial charge in [-0.05, 0) is 37.1 Å². The number of para-hydroxylation sites is 2. The van der Waals surface area contributed by atoms with Crippen LogP contribution in [0.4, 0.5) is 5.69 Å². The molecule has 0 saturated carbocycles. The number of ether oxygens (including phenoxy) is 1. The first-order valence-corrected chi connectivity index (χ1v) is 7.77. The van der Waals surface area contributed by atoms with Crippen LogP contribution >= 0.6 is 0 Å². The molecule has 2 aromatic carbocycles. The van der Waals surface area contributed by atoms with E-state index in [4.69, 9.17) is 4.74 Å². The fourth-order valence-electron chi connectivity index (χ4n) is 2.84. The minimum Gasteiger partial charge on any atom is -0.368 e. The SMILES string of the molecule is O=C(Nc1cccc(-c2nc3ccccc3[nH]2)c1)C1CCCO1. The lowest BCUT2D eigenvalue weighted by molar-refractivity contribution is -0.124. The number of aromatic nitrogens is 2. The monoisotopic (exact) mass is 307 g/mol. The first-order chi connectivity index (χ1) is 11.3. The standard InChI is InChI=1S/C18H17N3O2/c22-18(16-9-4-10-23-16)19-13-6-3-5-12(11-13)17-20-14-7-1-2-8-15(14)21-17/h1-3,5-8,11,16H,4,9-10H2,(H,19,22)(H,20,21). The first kappa shape index (κ1) is 14.0. The average molecular weight is 307 g/mol. The highest BCUT2D eigenvalue weighted by Crippen LogP contribution is 2.23. The van der Waals surface area contributed by atoms with Gasteiger partial charge in [0.05, 0.1) is 11.0 Å². The zero-order chi connectivity index (χ0) is 15.6. The summed E-state index contributed by atoms with van der Waals surface area (Å²) in [4.78, 5) is 20.0. The number of aromatic amines is 1. The van der Waals surface area contributed by atoms with Gasteiger partial charge in [0.2, 0.25) is 0 Å². The molecule has 0 spiro atoms. The van der Waals surface area contributed by atoms with E-state index in [1.54, 1.807) is 0 Å². The number of carbonyl (C=O) groups excluding carboxylic acids is 1. The maximum atomic E-state index is 12.1. The second kappa shape index (κ2) is 5.85. The molecule has 1 amide bonds. The van der Waals surface area contributed by atoms with Crippen LogP contribution in [-0.2, 0) is 9.53 Å². The Hall–Kier alpha value is -2.66. The Morgan fingerprint density at radius 2 is 2.13 bits per heavy atom. The third-order valence-electron chi connectivity index (χ3n) is 4.02. The molecule has 5 nitrogen and oxygen atoms in total. The van der Waals surface area contributed by atoms with Crippen molar-refractivity contribution in [2.45, 2.75) is 18.9 Å². The Morgan fingerprint density at radius 1 is 1.22 bits per heavy atom. The summed E-state index contributed by atoms with van der Waals surface area (Å²) in [5.41, 5.74) is 3.61. The molecule has 2 heterocycles. The summed E-state index contributed by atoms with van der Waals surface area (Å²) in [5.74, 6) is 0.712. The van der Waals surface area contributed by atoms with E-state index in [-0.39, 0.29) is 12.0 Å². The molecule has 1 saturated heterocycles. The fourth-order valence-corrected chi connectivity index (χ4v) is 2.84. The number of anilines is 1. The summed E-state index contributed by atoms with van der Waals surface area (Å²) in [5, 5.41) is 2.92. The lowest BCUT2D eigenvalue weighted by Crippen LogP contribution is -2.26. The van der Waals surface area contributed by atoms with Gasteiger partial charge in [-0.1, -0.05) is 24.3 Å². The van der Waals surface area contributed by atoms with Crippen LogP contribution in [0.1, 0.15) is 12.8 Å². The van der Waals surface area contributed by atoms with Gasteiger partial charge >= 0.3 is 0 Å². The molecule has 1 aliphatic heterocycles. The summed E-state index contributed by atoms with van der Waals surface area (Å²) in [7, 11) is 0. The predicted octanol–water partition coefficient (Wildman–Crippen LogP) is 3.35. The fraction of sp³-hybridized carbons (Fsp3) is 0.222. The Kier molecular flexibility index (Phi) is 3.55. The number of hydrogen-bond donors (Lipinski definition) is 2. The van der Waals surface area contributed by atoms with E-state index in [0.29, 0.717) is 6.61 Å². The van der Waals surface area contributed by atoms with Crippen LogP contribution in [0.5, 0.6) is 0 Å². The van der Waals surface area contributed by atoms with Crippen molar-refractivity contribution in [3.8, 4) is 11.4 Å². The van der Waals surface area contributed by atoms with Crippen LogP contribution in [0.25, 0.3) is 22.4 Å². The number of carbonyl (C=O) groups is 1. The van der Waals surface area contributed by atoms with Crippen LogP contribution < -0.4 is 5.32 Å². The number of benzene rings is 2. The molecule has 116 valence electrons. The molecule has 0 radical (unpaired) electrons. The van der Waals surface area contributed by atoms with Gasteiger partial charge < -0.3 is 15.0 Å². The van der Waals surface area contributed by atoms with Crippen LogP contribution in [0.3, 0.4) is 0 Å². The van der Waals surface area contributed by atoms with Crippen molar-refractivity contribution >= 4 is 22.6 Å². The molecule has 1 fully saturated rings. The normalized spacial score (nSPS) is 17.5. The van der Waals surface area contributed by atoms with Gasteiger partial charge in [0.25, 0.3) is 5.91 Å². The second-order valence-electron chi connectivity index (χ2n) is 5.67. The van der Waals surface area contributed by atoms with Crippen LogP contribution in [0.15, 0.2) is 48.5 Å². The summed E-state index contributed by atoms with van der Waals surface area (Å²) >= 11 is 0. The lowest BCUT2D eigenvalue weighted by atomic mass is 10.1.